The molecule has 0 N–H and O–H groups in total. The van der Waals surface area contributed by atoms with Crippen molar-refractivity contribution in [2.45, 2.75) is 102 Å². The number of hydrogen-bond donors (Lipinski definition) is 0. The van der Waals surface area contributed by atoms with Gasteiger partial charge < -0.3 is 4.42 Å². The molecule has 6 heterocycles. The molecule has 6 aromatic heterocycles. The monoisotopic (exact) mass is 1310 g/mol. The quantitative estimate of drug-likeness (QED) is 0.161. The molecule has 16 aromatic rings. The number of furan rings is 1. The van der Waals surface area contributed by atoms with Crippen molar-refractivity contribution in [3.8, 4) is 56.2 Å². The summed E-state index contributed by atoms with van der Waals surface area (Å²) in [6, 6.07) is 67.7. The van der Waals surface area contributed by atoms with Crippen molar-refractivity contribution in [1.82, 2.24) is 0 Å². The topological polar surface area (TPSA) is 28.7 Å². The molecule has 0 saturated carbocycles. The lowest BCUT2D eigenvalue weighted by Gasteiger charge is -2.22. The van der Waals surface area contributed by atoms with Gasteiger partial charge in [-0.15, -0.1) is 11.3 Å². The molecule has 0 saturated heterocycles. The fourth-order valence-corrected chi connectivity index (χ4v) is 16.0. The lowest BCUT2D eigenvalue weighted by atomic mass is 9.81. The zero-order valence-corrected chi connectivity index (χ0v) is 61.4. The Labute approximate surface area is 593 Å². The average Bonchev–Trinajstić information content (AvgIpc) is 1.60. The normalized spacial score (nSPS) is 12.8. The van der Waals surface area contributed by atoms with E-state index in [4.69, 9.17) is 9.90 Å². The van der Waals surface area contributed by atoms with E-state index in [1.807, 2.05) is 33.9 Å². The molecule has 490 valence electrons. The number of nitrogens with zero attached hydrogens (tertiary/aromatic N) is 4. The number of aromatic nitrogens is 4. The van der Waals surface area contributed by atoms with E-state index in [0.717, 1.165) is 88.1 Å². The number of pyridine rings is 4. The first-order chi connectivity index (χ1) is 49.1. The van der Waals surface area contributed by atoms with Crippen molar-refractivity contribution in [3.05, 3.63) is 296 Å². The van der Waals surface area contributed by atoms with E-state index in [1.165, 1.54) is 121 Å². The minimum atomic E-state index is -0.0241. The highest BCUT2D eigenvalue weighted by Crippen LogP contribution is 2.51. The van der Waals surface area contributed by atoms with E-state index in [9.17, 15) is 0 Å². The molecule has 0 bridgehead atoms. The first-order valence-electron chi connectivity index (χ1n) is 36.4. The van der Waals surface area contributed by atoms with Crippen LogP contribution in [0.5, 0.6) is 0 Å². The number of aryl methyl sites for hydroxylation is 8. The highest BCUT2D eigenvalue weighted by molar-refractivity contribution is 7.17. The standard InChI is InChI=1S/C28H28N.C23H22N.C21H20NO.C21H20NS/c1-17-11-12-21-20(13-17)15-19(3)29(6)27(21)23-16-26-24(14-18(23)2)22-9-7-8-10-25(22)28(26,4)5;1-15-9-10-21-20(11-15)13-17(3)24(4)23(21)22-14-19-8-6-5-7-18(19)12-16(22)2;2*1-13-5-6-18-17(9-13)11-15(3)22(4)21(18)19-12-20-16(7-8-23-20)10-14(19)2/h7-16H,1-6H3;5-14H,1-4H3;2*5-12H,1-4H3/q4*+1/i15D;13D;2*11D. The van der Waals surface area contributed by atoms with Crippen LogP contribution in [-0.4, -0.2) is 0 Å². The van der Waals surface area contributed by atoms with Crippen LogP contribution in [0.3, 0.4) is 0 Å². The van der Waals surface area contributed by atoms with Crippen LogP contribution in [0, 0.1) is 83.1 Å². The summed E-state index contributed by atoms with van der Waals surface area (Å²) in [6.45, 7) is 29.8. The van der Waals surface area contributed by atoms with Crippen molar-refractivity contribution in [2.75, 3.05) is 0 Å². The van der Waals surface area contributed by atoms with Gasteiger partial charge in [0.25, 0.3) is 0 Å². The largest absolute Gasteiger partial charge is 0.464 e. The van der Waals surface area contributed by atoms with Crippen LogP contribution in [0.1, 0.15) is 97.7 Å². The summed E-state index contributed by atoms with van der Waals surface area (Å²) < 4.78 is 49.8. The van der Waals surface area contributed by atoms with E-state index >= 15 is 0 Å². The Morgan fingerprint density at radius 1 is 0.323 bits per heavy atom. The minimum Gasteiger partial charge on any atom is -0.464 e. The van der Waals surface area contributed by atoms with Gasteiger partial charge in [-0.05, 0) is 216 Å². The molecule has 0 atom stereocenters. The van der Waals surface area contributed by atoms with E-state index < -0.39 is 0 Å². The van der Waals surface area contributed by atoms with Gasteiger partial charge in [0.1, 0.15) is 33.8 Å². The van der Waals surface area contributed by atoms with Gasteiger partial charge in [-0.1, -0.05) is 145 Å². The fraction of sp³-hybridized carbons (Fsp3) is 0.204. The van der Waals surface area contributed by atoms with Crippen molar-refractivity contribution in [2.24, 2.45) is 28.2 Å². The summed E-state index contributed by atoms with van der Waals surface area (Å²) in [4.78, 5) is 0. The van der Waals surface area contributed by atoms with Gasteiger partial charge in [0.2, 0.25) is 22.8 Å². The number of thiophene rings is 1. The molecule has 0 unspecified atom stereocenters. The van der Waals surface area contributed by atoms with Crippen LogP contribution in [-0.2, 0) is 33.6 Å². The average molecular weight is 1320 g/mol. The third-order valence-corrected chi connectivity index (χ3v) is 21.9. The third-order valence-electron chi connectivity index (χ3n) is 21.0. The summed E-state index contributed by atoms with van der Waals surface area (Å²) in [5, 5.41) is 15.7. The van der Waals surface area contributed by atoms with E-state index in [0.29, 0.717) is 24.2 Å². The third kappa shape index (κ3) is 12.0. The summed E-state index contributed by atoms with van der Waals surface area (Å²) in [7, 11) is 8.26. The maximum atomic E-state index is 8.69. The molecule has 10 aromatic carbocycles. The molecule has 0 fully saturated rings. The van der Waals surface area contributed by atoms with Crippen LogP contribution in [0.2, 0.25) is 0 Å². The SMILES string of the molecule is [2H]c1c(C)[n+](C)c(-c2cc3c(cc2C)-c2ccccc2C3(C)C)c2ccc(C)cc12.[2H]c1c(C)[n+](C)c(-c2cc3ccccc3cc2C)c2ccc(C)cc12.[2H]c1c(C)[n+](C)c(-c2cc3occc3cc2C)c2ccc(C)cc12.[2H]c1c(C)[n+](C)c(-c2cc3sccc3cc2C)c2ccc(C)cc12. The smallest absolute Gasteiger partial charge is 0.220 e. The maximum Gasteiger partial charge on any atom is 0.220 e. The Balaban J connectivity index is 0.000000117. The predicted molar refractivity (Wildman–Crippen MR) is 419 cm³/mol. The van der Waals surface area contributed by atoms with Gasteiger partial charge in [-0.2, -0.15) is 18.3 Å². The van der Waals surface area contributed by atoms with Crippen LogP contribution < -0.4 is 18.3 Å². The Morgan fingerprint density at radius 3 is 1.18 bits per heavy atom. The summed E-state index contributed by atoms with van der Waals surface area (Å²) in [5.41, 5.74) is 29.7. The molecule has 5 nitrogen and oxygen atoms in total. The van der Waals surface area contributed by atoms with E-state index in [-0.39, 0.29) is 5.41 Å². The van der Waals surface area contributed by atoms with E-state index in [2.05, 4.69) is 297 Å². The molecular weight excluding hydrogens is 1220 g/mol. The summed E-state index contributed by atoms with van der Waals surface area (Å²) in [6.07, 6.45) is 1.73. The molecule has 99 heavy (non-hydrogen) atoms. The molecule has 0 aliphatic heterocycles. The number of hydrogen-bond acceptors (Lipinski definition) is 2. The second kappa shape index (κ2) is 25.8. The molecule has 0 amide bonds. The molecule has 1 aliphatic carbocycles. The molecule has 0 radical (unpaired) electrons. The van der Waals surface area contributed by atoms with Gasteiger partial charge in [0, 0.05) is 67.4 Å². The number of rotatable bonds is 4. The van der Waals surface area contributed by atoms with Crippen molar-refractivity contribution in [3.63, 3.8) is 0 Å². The Bertz CT molecular complexity index is 6050. The molecular formula is C93H90N4OS+4. The van der Waals surface area contributed by atoms with Crippen molar-refractivity contribution >= 4 is 86.3 Å². The maximum absolute atomic E-state index is 8.69. The van der Waals surface area contributed by atoms with Crippen LogP contribution in [0.15, 0.2) is 222 Å². The molecule has 1 aliphatic rings. The van der Waals surface area contributed by atoms with Crippen LogP contribution in [0.25, 0.3) is 131 Å². The van der Waals surface area contributed by atoms with Crippen molar-refractivity contribution < 1.29 is 28.2 Å². The van der Waals surface area contributed by atoms with E-state index in [1.54, 1.807) is 17.6 Å². The number of fused-ring (bicyclic) bond motifs is 10. The summed E-state index contributed by atoms with van der Waals surface area (Å²) in [5.74, 6) is 0. The first kappa shape index (κ1) is 61.0. The van der Waals surface area contributed by atoms with Gasteiger partial charge in [-0.3, -0.25) is 0 Å². The van der Waals surface area contributed by atoms with Gasteiger partial charge >= 0.3 is 0 Å². The number of benzene rings is 10. The predicted octanol–water partition coefficient (Wildman–Crippen LogP) is 22.4. The van der Waals surface area contributed by atoms with Crippen molar-refractivity contribution in [1.29, 1.82) is 0 Å². The molecule has 6 heteroatoms. The Morgan fingerprint density at radius 2 is 0.707 bits per heavy atom. The lowest BCUT2D eigenvalue weighted by molar-refractivity contribution is -0.665. The molecule has 17 rings (SSSR count). The molecule has 0 spiro atoms. The minimum absolute atomic E-state index is 0.0241. The van der Waals surface area contributed by atoms with Gasteiger partial charge in [0.05, 0.1) is 55.5 Å². The van der Waals surface area contributed by atoms with Gasteiger partial charge in [0.15, 0.2) is 22.8 Å². The van der Waals surface area contributed by atoms with Crippen LogP contribution >= 0.6 is 11.3 Å². The van der Waals surface area contributed by atoms with Crippen LogP contribution in [0.4, 0.5) is 0 Å². The lowest BCUT2D eigenvalue weighted by Crippen LogP contribution is -2.35. The first-order valence-corrected chi connectivity index (χ1v) is 35.3. The highest BCUT2D eigenvalue weighted by atomic mass is 32.1. The zero-order chi connectivity index (χ0) is 73.1. The second-order valence-electron chi connectivity index (χ2n) is 28.3. The zero-order valence-electron chi connectivity index (χ0n) is 64.6. The Kier molecular flexibility index (Phi) is 15.9. The fourth-order valence-electron chi connectivity index (χ4n) is 15.2. The second-order valence-corrected chi connectivity index (χ2v) is 29.3. The summed E-state index contributed by atoms with van der Waals surface area (Å²) >= 11 is 1.78. The Hall–Kier alpha value is -10.4. The highest BCUT2D eigenvalue weighted by Gasteiger charge is 2.37. The van der Waals surface area contributed by atoms with Gasteiger partial charge in [-0.25, -0.2) is 0 Å².